The number of hydrogen-bond donors (Lipinski definition) is 0. The molecule has 0 saturated heterocycles. The third-order valence-electron chi connectivity index (χ3n) is 4.83. The van der Waals surface area contributed by atoms with Gasteiger partial charge in [-0.05, 0) is 25.2 Å². The fourth-order valence-corrected chi connectivity index (χ4v) is 3.44. The molecule has 104 valence electrons. The first-order valence-corrected chi connectivity index (χ1v) is 8.40. The summed E-state index contributed by atoms with van der Waals surface area (Å²) in [5, 5.41) is 0. The summed E-state index contributed by atoms with van der Waals surface area (Å²) in [6.45, 7) is 0. The van der Waals surface area contributed by atoms with E-state index in [2.05, 4.69) is 0 Å². The zero-order chi connectivity index (χ0) is 12.6. The van der Waals surface area contributed by atoms with E-state index in [0.29, 0.717) is 11.7 Å². The molecule has 2 atom stereocenters. The van der Waals surface area contributed by atoms with Crippen molar-refractivity contribution in [3.8, 4) is 0 Å². The maximum Gasteiger partial charge on any atom is 0.136 e. The summed E-state index contributed by atoms with van der Waals surface area (Å²) < 4.78 is 0. The van der Waals surface area contributed by atoms with Crippen LogP contribution in [0.1, 0.15) is 89.9 Å². The van der Waals surface area contributed by atoms with E-state index in [1.54, 1.807) is 0 Å². The first-order valence-electron chi connectivity index (χ1n) is 8.40. The fourth-order valence-electron chi connectivity index (χ4n) is 3.44. The van der Waals surface area contributed by atoms with Crippen molar-refractivity contribution in [2.45, 2.75) is 89.9 Å². The van der Waals surface area contributed by atoms with Gasteiger partial charge >= 0.3 is 0 Å². The van der Waals surface area contributed by atoms with Gasteiger partial charge in [0.25, 0.3) is 0 Å². The monoisotopic (exact) mass is 250 g/mol. The summed E-state index contributed by atoms with van der Waals surface area (Å²) in [4.78, 5) is 11.9. The minimum Gasteiger partial charge on any atom is -0.299 e. The summed E-state index contributed by atoms with van der Waals surface area (Å²) in [6.07, 6.45) is 18.5. The Hall–Kier alpha value is -0.330. The molecule has 0 spiro atoms. The molecule has 2 fully saturated rings. The van der Waals surface area contributed by atoms with Crippen molar-refractivity contribution >= 4 is 5.78 Å². The molecular weight excluding hydrogens is 220 g/mol. The highest BCUT2D eigenvalue weighted by Gasteiger charge is 2.40. The second kappa shape index (κ2) is 7.96. The Bertz CT molecular complexity index is 246. The molecule has 0 aromatic carbocycles. The van der Waals surface area contributed by atoms with E-state index in [4.69, 9.17) is 0 Å². The third-order valence-corrected chi connectivity index (χ3v) is 4.83. The van der Waals surface area contributed by atoms with Crippen LogP contribution in [0.25, 0.3) is 0 Å². The second-order valence-corrected chi connectivity index (χ2v) is 6.50. The molecule has 0 amide bonds. The van der Waals surface area contributed by atoms with Gasteiger partial charge in [-0.3, -0.25) is 4.79 Å². The summed E-state index contributed by atoms with van der Waals surface area (Å²) in [7, 11) is 0. The maximum absolute atomic E-state index is 11.9. The lowest BCUT2D eigenvalue weighted by molar-refractivity contribution is -0.120. The highest BCUT2D eigenvalue weighted by Crippen LogP contribution is 2.44. The highest BCUT2D eigenvalue weighted by molar-refractivity contribution is 5.83. The van der Waals surface area contributed by atoms with Crippen LogP contribution in [0.4, 0.5) is 0 Å². The average Bonchev–Trinajstić information content (AvgIpc) is 3.13. The van der Waals surface area contributed by atoms with Gasteiger partial charge in [0, 0.05) is 12.3 Å². The Morgan fingerprint density at radius 1 is 0.667 bits per heavy atom. The van der Waals surface area contributed by atoms with Gasteiger partial charge < -0.3 is 0 Å². The minimum atomic E-state index is 0.484. The number of rotatable bonds is 0. The molecule has 2 saturated carbocycles. The number of carbonyl (C=O) groups excluding carboxylic acids is 1. The van der Waals surface area contributed by atoms with Crippen molar-refractivity contribution in [1.29, 1.82) is 0 Å². The highest BCUT2D eigenvalue weighted by atomic mass is 16.1. The Morgan fingerprint density at radius 2 is 1.17 bits per heavy atom. The molecule has 0 aliphatic heterocycles. The van der Waals surface area contributed by atoms with Crippen molar-refractivity contribution in [1.82, 2.24) is 0 Å². The summed E-state index contributed by atoms with van der Waals surface area (Å²) >= 11 is 0. The number of ketones is 1. The van der Waals surface area contributed by atoms with E-state index >= 15 is 0 Å². The van der Waals surface area contributed by atoms with Crippen LogP contribution in [0, 0.1) is 11.8 Å². The predicted molar refractivity (Wildman–Crippen MR) is 76.6 cm³/mol. The van der Waals surface area contributed by atoms with Crippen LogP contribution < -0.4 is 0 Å². The van der Waals surface area contributed by atoms with E-state index in [-0.39, 0.29) is 0 Å². The van der Waals surface area contributed by atoms with Crippen LogP contribution in [0.15, 0.2) is 0 Å². The van der Waals surface area contributed by atoms with Crippen molar-refractivity contribution in [2.75, 3.05) is 0 Å². The maximum atomic E-state index is 11.9. The molecular formula is C17H30O. The molecule has 18 heavy (non-hydrogen) atoms. The van der Waals surface area contributed by atoms with Crippen LogP contribution in [-0.4, -0.2) is 5.78 Å². The predicted octanol–water partition coefficient (Wildman–Crippen LogP) is 5.28. The number of Topliss-reactive ketones (excluding diaryl/α,β-unsaturated/α-hetero) is 1. The average molecular weight is 250 g/mol. The van der Waals surface area contributed by atoms with Crippen LogP contribution in [0.3, 0.4) is 0 Å². The van der Waals surface area contributed by atoms with Crippen molar-refractivity contribution < 1.29 is 4.79 Å². The lowest BCUT2D eigenvalue weighted by atomic mass is 10.0. The van der Waals surface area contributed by atoms with Gasteiger partial charge in [0.2, 0.25) is 0 Å². The summed E-state index contributed by atoms with van der Waals surface area (Å²) in [5.41, 5.74) is 0. The molecule has 0 radical (unpaired) electrons. The summed E-state index contributed by atoms with van der Waals surface area (Å²) in [6, 6.07) is 0. The normalized spacial score (nSPS) is 32.8. The molecule has 1 nitrogen and oxygen atoms in total. The molecule has 2 rings (SSSR count). The fraction of sp³-hybridized carbons (Fsp3) is 0.941. The van der Waals surface area contributed by atoms with E-state index in [0.717, 1.165) is 18.8 Å². The van der Waals surface area contributed by atoms with Gasteiger partial charge in [0.05, 0.1) is 0 Å². The smallest absolute Gasteiger partial charge is 0.136 e. The Balaban J connectivity index is 1.66. The molecule has 2 aliphatic carbocycles. The quantitative estimate of drug-likeness (QED) is 0.572. The van der Waals surface area contributed by atoms with Crippen molar-refractivity contribution in [3.05, 3.63) is 0 Å². The van der Waals surface area contributed by atoms with Crippen molar-refractivity contribution in [3.63, 3.8) is 0 Å². The van der Waals surface area contributed by atoms with Crippen LogP contribution >= 0.6 is 0 Å². The molecule has 0 N–H and O–H groups in total. The van der Waals surface area contributed by atoms with Gasteiger partial charge in [0.1, 0.15) is 5.78 Å². The first-order chi connectivity index (χ1) is 8.88. The van der Waals surface area contributed by atoms with Crippen LogP contribution in [0.2, 0.25) is 0 Å². The number of carbonyl (C=O) groups is 1. The SMILES string of the molecule is O=C1CCCCCCCCCCCCC[C@H]2C[C@H]12. The summed E-state index contributed by atoms with van der Waals surface area (Å²) in [5.74, 6) is 1.86. The van der Waals surface area contributed by atoms with Crippen LogP contribution in [0.5, 0.6) is 0 Å². The molecule has 0 unspecified atom stereocenters. The Labute approximate surface area is 113 Å². The largest absolute Gasteiger partial charge is 0.299 e. The molecule has 0 aromatic rings. The third kappa shape index (κ3) is 5.12. The Morgan fingerprint density at radius 3 is 1.78 bits per heavy atom. The van der Waals surface area contributed by atoms with E-state index < -0.39 is 0 Å². The molecule has 0 aromatic heterocycles. The van der Waals surface area contributed by atoms with E-state index in [1.807, 2.05) is 0 Å². The van der Waals surface area contributed by atoms with Gasteiger partial charge in [-0.2, -0.15) is 0 Å². The topological polar surface area (TPSA) is 17.1 Å². The lowest BCUT2D eigenvalue weighted by Crippen LogP contribution is -2.02. The number of fused-ring (bicyclic) bond motifs is 1. The Kier molecular flexibility index (Phi) is 6.23. The van der Waals surface area contributed by atoms with E-state index in [1.165, 1.54) is 77.0 Å². The standard InChI is InChI=1S/C17H30O/c18-17-13-11-9-7-5-3-1-2-4-6-8-10-12-15-14-16(15)17/h15-16H,1-14H2/t15-,16-/m0/s1. The van der Waals surface area contributed by atoms with Crippen molar-refractivity contribution in [2.24, 2.45) is 11.8 Å². The van der Waals surface area contributed by atoms with Gasteiger partial charge in [-0.15, -0.1) is 0 Å². The number of hydrogen-bond acceptors (Lipinski definition) is 1. The second-order valence-electron chi connectivity index (χ2n) is 6.50. The van der Waals surface area contributed by atoms with Gasteiger partial charge in [0.15, 0.2) is 0 Å². The molecule has 1 heteroatoms. The molecule has 0 bridgehead atoms. The minimum absolute atomic E-state index is 0.484. The lowest BCUT2D eigenvalue weighted by Gasteiger charge is -2.05. The first kappa shape index (κ1) is 14.1. The zero-order valence-corrected chi connectivity index (χ0v) is 12.0. The zero-order valence-electron chi connectivity index (χ0n) is 12.0. The van der Waals surface area contributed by atoms with Gasteiger partial charge in [-0.1, -0.05) is 64.2 Å². The molecule has 2 aliphatic rings. The van der Waals surface area contributed by atoms with Gasteiger partial charge in [-0.25, -0.2) is 0 Å². The molecule has 0 heterocycles. The van der Waals surface area contributed by atoms with E-state index in [9.17, 15) is 4.79 Å². The van der Waals surface area contributed by atoms with Crippen LogP contribution in [-0.2, 0) is 4.79 Å².